The minimum atomic E-state index is -0.0769. The molecule has 2 aliphatic heterocycles. The van der Waals surface area contributed by atoms with Gasteiger partial charge in [0, 0.05) is 43.0 Å². The van der Waals surface area contributed by atoms with Gasteiger partial charge in [0.25, 0.3) is 0 Å². The topological polar surface area (TPSA) is 86.5 Å². The molecule has 2 aromatic rings. The third-order valence-corrected chi connectivity index (χ3v) is 7.71. The zero-order valence-electron chi connectivity index (χ0n) is 20.6. The molecule has 180 valence electrons. The lowest BCUT2D eigenvalue weighted by Gasteiger charge is -2.43. The molecule has 0 spiro atoms. The summed E-state index contributed by atoms with van der Waals surface area (Å²) >= 11 is 0. The number of amidine groups is 1. The van der Waals surface area contributed by atoms with Gasteiger partial charge in [-0.05, 0) is 66.9 Å². The fourth-order valence-electron chi connectivity index (χ4n) is 5.95. The summed E-state index contributed by atoms with van der Waals surface area (Å²) in [5.74, 6) is 1.41. The predicted octanol–water partition coefficient (Wildman–Crippen LogP) is 4.15. The van der Waals surface area contributed by atoms with Gasteiger partial charge >= 0.3 is 0 Å². The van der Waals surface area contributed by atoms with E-state index in [0.717, 1.165) is 72.0 Å². The van der Waals surface area contributed by atoms with Gasteiger partial charge in [-0.2, -0.15) is 5.26 Å². The number of allylic oxidation sites excluding steroid dienone is 1. The fraction of sp³-hybridized carbons (Fsp3) is 0.464. The third-order valence-electron chi connectivity index (χ3n) is 7.71. The van der Waals surface area contributed by atoms with Gasteiger partial charge in [0.2, 0.25) is 0 Å². The molecule has 0 radical (unpaired) electrons. The number of piperidine rings is 1. The summed E-state index contributed by atoms with van der Waals surface area (Å²) in [6.07, 6.45) is 12.8. The molecular formula is C28H33N7. The van der Waals surface area contributed by atoms with Crippen molar-refractivity contribution < 1.29 is 0 Å². The van der Waals surface area contributed by atoms with Crippen LogP contribution in [0.25, 0.3) is 11.0 Å². The number of likely N-dealkylation sites (tertiary alicyclic amines) is 1. The van der Waals surface area contributed by atoms with Crippen molar-refractivity contribution in [2.24, 2.45) is 22.1 Å². The van der Waals surface area contributed by atoms with E-state index in [1.54, 1.807) is 4.90 Å². The first-order valence-corrected chi connectivity index (χ1v) is 12.7. The summed E-state index contributed by atoms with van der Waals surface area (Å²) in [5.41, 5.74) is 11.5. The molecule has 0 aromatic carbocycles. The first kappa shape index (κ1) is 22.1. The average Bonchev–Trinajstić information content (AvgIpc) is 3.46. The van der Waals surface area contributed by atoms with Crippen LogP contribution in [0.5, 0.6) is 0 Å². The van der Waals surface area contributed by atoms with Gasteiger partial charge in [-0.1, -0.05) is 26.5 Å². The monoisotopic (exact) mass is 467 g/mol. The molecule has 6 rings (SSSR count). The van der Waals surface area contributed by atoms with Crippen molar-refractivity contribution in [2.45, 2.75) is 58.2 Å². The standard InChI is InChI=1S/C28H33N7/c1-18(33-15-22(30)13-28(2,3)16-33)20-8-9-24-23(11-20)32-27(35(24)17-29)25-12-21-5-4-10-31-26(21)34(25)14-19-6-7-19/h4-5,8,10-12,19,22,24H,1,6-7,9,13-16,30H2,2-3H3. The summed E-state index contributed by atoms with van der Waals surface area (Å²) in [6.45, 7) is 11.6. The second-order valence-corrected chi connectivity index (χ2v) is 11.3. The smallest absolute Gasteiger partial charge is 0.186 e. The van der Waals surface area contributed by atoms with E-state index in [2.05, 4.69) is 65.4 Å². The van der Waals surface area contributed by atoms with E-state index in [0.29, 0.717) is 5.92 Å². The minimum absolute atomic E-state index is 0.0769. The van der Waals surface area contributed by atoms with Crippen LogP contribution in [0.3, 0.4) is 0 Å². The molecule has 7 nitrogen and oxygen atoms in total. The van der Waals surface area contributed by atoms with Crippen LogP contribution in [0.1, 0.15) is 45.2 Å². The van der Waals surface area contributed by atoms with Crippen LogP contribution >= 0.6 is 0 Å². The van der Waals surface area contributed by atoms with Crippen molar-refractivity contribution in [3.63, 3.8) is 0 Å². The zero-order chi connectivity index (χ0) is 24.3. The molecular weight excluding hydrogens is 434 g/mol. The first-order chi connectivity index (χ1) is 16.8. The van der Waals surface area contributed by atoms with E-state index in [4.69, 9.17) is 10.7 Å². The maximum atomic E-state index is 10.1. The Kier molecular flexibility index (Phi) is 5.12. The Balaban J connectivity index is 1.34. The SMILES string of the molecule is C=C(C1=CCC2C(=C1)N=C(c1cc3cccnc3n1CC1CC1)N2C#N)N1CC(N)CC(C)(C)C1. The van der Waals surface area contributed by atoms with E-state index in [1.807, 2.05) is 12.3 Å². The number of pyridine rings is 1. The lowest BCUT2D eigenvalue weighted by atomic mass is 9.81. The van der Waals surface area contributed by atoms with Crippen molar-refractivity contribution in [1.29, 1.82) is 5.26 Å². The van der Waals surface area contributed by atoms with Crippen molar-refractivity contribution in [3.05, 3.63) is 65.8 Å². The number of fused-ring (bicyclic) bond motifs is 2. The summed E-state index contributed by atoms with van der Waals surface area (Å²) in [6, 6.07) is 6.25. The van der Waals surface area contributed by atoms with Gasteiger partial charge in [0.1, 0.15) is 5.65 Å². The van der Waals surface area contributed by atoms with Gasteiger partial charge in [0.15, 0.2) is 12.0 Å². The van der Waals surface area contributed by atoms with Crippen LogP contribution in [0.4, 0.5) is 0 Å². The number of nitrogens with two attached hydrogens (primary N) is 1. The third kappa shape index (κ3) is 3.96. The second-order valence-electron chi connectivity index (χ2n) is 11.3. The van der Waals surface area contributed by atoms with Gasteiger partial charge < -0.3 is 15.2 Å². The Morgan fingerprint density at radius 3 is 2.91 bits per heavy atom. The molecule has 0 bridgehead atoms. The molecule has 2 aliphatic carbocycles. The molecule has 35 heavy (non-hydrogen) atoms. The lowest BCUT2D eigenvalue weighted by Crippen LogP contribution is -2.50. The molecule has 4 heterocycles. The zero-order valence-corrected chi connectivity index (χ0v) is 20.6. The Morgan fingerprint density at radius 2 is 2.17 bits per heavy atom. The van der Waals surface area contributed by atoms with Gasteiger partial charge in [-0.25, -0.2) is 9.98 Å². The fourth-order valence-corrected chi connectivity index (χ4v) is 5.95. The molecule has 2 fully saturated rings. The Hall–Kier alpha value is -3.37. The molecule has 7 heteroatoms. The van der Waals surface area contributed by atoms with Crippen LogP contribution in [0.15, 0.2) is 65.1 Å². The molecule has 2 N–H and O–H groups in total. The van der Waals surface area contributed by atoms with E-state index >= 15 is 0 Å². The Morgan fingerprint density at radius 1 is 1.34 bits per heavy atom. The molecule has 1 saturated heterocycles. The number of rotatable bonds is 5. The highest BCUT2D eigenvalue weighted by molar-refractivity contribution is 6.04. The summed E-state index contributed by atoms with van der Waals surface area (Å²) < 4.78 is 2.26. The van der Waals surface area contributed by atoms with Gasteiger partial charge in [-0.3, -0.25) is 4.90 Å². The normalized spacial score (nSPS) is 25.6. The minimum Gasteiger partial charge on any atom is -0.369 e. The van der Waals surface area contributed by atoms with Crippen molar-refractivity contribution in [2.75, 3.05) is 13.1 Å². The van der Waals surface area contributed by atoms with E-state index < -0.39 is 0 Å². The van der Waals surface area contributed by atoms with E-state index in [1.165, 1.54) is 12.8 Å². The van der Waals surface area contributed by atoms with Crippen molar-refractivity contribution in [3.8, 4) is 6.19 Å². The average molecular weight is 468 g/mol. The Bertz CT molecular complexity index is 1330. The molecule has 2 aromatic heterocycles. The first-order valence-electron chi connectivity index (χ1n) is 12.7. The van der Waals surface area contributed by atoms with Crippen LogP contribution in [0, 0.1) is 22.8 Å². The van der Waals surface area contributed by atoms with Crippen LogP contribution in [0.2, 0.25) is 0 Å². The van der Waals surface area contributed by atoms with Crippen molar-refractivity contribution >= 4 is 16.9 Å². The Labute approximate surface area is 206 Å². The highest BCUT2D eigenvalue weighted by atomic mass is 15.3. The van der Waals surface area contributed by atoms with Gasteiger partial charge in [-0.15, -0.1) is 0 Å². The maximum absolute atomic E-state index is 10.1. The summed E-state index contributed by atoms with van der Waals surface area (Å²) in [7, 11) is 0. The number of aliphatic imine (C=N–C) groups is 1. The van der Waals surface area contributed by atoms with Crippen LogP contribution in [-0.2, 0) is 6.54 Å². The number of hydrogen-bond acceptors (Lipinski definition) is 6. The largest absolute Gasteiger partial charge is 0.369 e. The molecule has 2 atom stereocenters. The quantitative estimate of drug-likeness (QED) is 0.668. The number of hydrogen-bond donors (Lipinski definition) is 1. The van der Waals surface area contributed by atoms with Crippen LogP contribution < -0.4 is 5.73 Å². The van der Waals surface area contributed by atoms with Crippen molar-refractivity contribution in [1.82, 2.24) is 19.4 Å². The molecule has 1 saturated carbocycles. The van der Waals surface area contributed by atoms with E-state index in [-0.39, 0.29) is 17.5 Å². The summed E-state index contributed by atoms with van der Waals surface area (Å²) in [4.78, 5) is 13.8. The predicted molar refractivity (Wildman–Crippen MR) is 138 cm³/mol. The molecule has 0 amide bonds. The summed E-state index contributed by atoms with van der Waals surface area (Å²) in [5, 5.41) is 11.2. The lowest BCUT2D eigenvalue weighted by molar-refractivity contribution is 0.134. The molecule has 4 aliphatic rings. The highest BCUT2D eigenvalue weighted by Crippen LogP contribution is 2.38. The molecule has 2 unspecified atom stereocenters. The number of nitrogens with zero attached hydrogens (tertiary/aromatic N) is 6. The maximum Gasteiger partial charge on any atom is 0.186 e. The van der Waals surface area contributed by atoms with Gasteiger partial charge in [0.05, 0.1) is 17.4 Å². The highest BCUT2D eigenvalue weighted by Gasteiger charge is 2.38. The van der Waals surface area contributed by atoms with E-state index in [9.17, 15) is 5.26 Å². The number of aromatic nitrogens is 2. The number of nitriles is 1. The van der Waals surface area contributed by atoms with Crippen LogP contribution in [-0.4, -0.2) is 50.4 Å². The second kappa shape index (κ2) is 8.10.